The van der Waals surface area contributed by atoms with E-state index in [-0.39, 0.29) is 11.9 Å². The Bertz CT molecular complexity index is 819. The van der Waals surface area contributed by atoms with Crippen LogP contribution in [0.15, 0.2) is 35.5 Å². The van der Waals surface area contributed by atoms with Crippen LogP contribution in [0.4, 0.5) is 5.95 Å². The molecule has 5 nitrogen and oxygen atoms in total. The number of carbonyl (C=O) groups is 1. The summed E-state index contributed by atoms with van der Waals surface area (Å²) in [4.78, 5) is 17.1. The molecule has 0 bridgehead atoms. The van der Waals surface area contributed by atoms with E-state index in [4.69, 9.17) is 9.72 Å². The van der Waals surface area contributed by atoms with Gasteiger partial charge in [-0.05, 0) is 30.9 Å². The van der Waals surface area contributed by atoms with Crippen molar-refractivity contribution < 1.29 is 9.53 Å². The number of ether oxygens (including phenoxy) is 1. The molecular weight excluding hydrogens is 314 g/mol. The van der Waals surface area contributed by atoms with Crippen LogP contribution in [0.3, 0.4) is 0 Å². The molecular formula is C20H27N3O2. The van der Waals surface area contributed by atoms with E-state index in [0.717, 1.165) is 41.1 Å². The first-order valence-electron chi connectivity index (χ1n) is 9.15. The zero-order valence-corrected chi connectivity index (χ0v) is 15.7. The van der Waals surface area contributed by atoms with Crippen LogP contribution in [0.25, 0.3) is 11.0 Å². The maximum Gasteiger partial charge on any atom is 0.310 e. The molecule has 3 rings (SSSR count). The third kappa shape index (κ3) is 3.03. The normalized spacial score (nSPS) is 18.2. The van der Waals surface area contributed by atoms with Crippen LogP contribution in [-0.2, 0) is 9.53 Å². The number of nitrogens with one attached hydrogen (secondary N) is 1. The Balaban J connectivity index is 2.17. The van der Waals surface area contributed by atoms with Crippen molar-refractivity contribution in [3.05, 3.63) is 35.5 Å². The molecule has 5 heteroatoms. The van der Waals surface area contributed by atoms with Gasteiger partial charge in [0.2, 0.25) is 12.2 Å². The molecule has 0 saturated carbocycles. The Morgan fingerprint density at radius 3 is 2.64 bits per heavy atom. The second-order valence-electron chi connectivity index (χ2n) is 6.96. The molecule has 1 aromatic heterocycles. The maximum absolute atomic E-state index is 12.4. The molecule has 2 heterocycles. The van der Waals surface area contributed by atoms with E-state index in [1.54, 1.807) is 0 Å². The van der Waals surface area contributed by atoms with Crippen LogP contribution in [0.2, 0.25) is 0 Å². The molecule has 134 valence electrons. The number of anilines is 1. The van der Waals surface area contributed by atoms with Crippen LogP contribution in [0, 0.1) is 11.8 Å². The van der Waals surface area contributed by atoms with Crippen molar-refractivity contribution >= 4 is 23.0 Å². The lowest BCUT2D eigenvalue weighted by molar-refractivity contribution is -0.155. The smallest absolute Gasteiger partial charge is 0.310 e. The third-order valence-electron chi connectivity index (χ3n) is 4.91. The lowest BCUT2D eigenvalue weighted by atomic mass is 9.96. The van der Waals surface area contributed by atoms with Gasteiger partial charge in [-0.25, -0.2) is 4.98 Å². The Labute approximate surface area is 149 Å². The number of rotatable bonds is 5. The minimum atomic E-state index is -0.437. The highest BCUT2D eigenvalue weighted by atomic mass is 16.6. The van der Waals surface area contributed by atoms with E-state index in [9.17, 15) is 4.79 Å². The molecule has 0 saturated heterocycles. The van der Waals surface area contributed by atoms with Crippen molar-refractivity contribution in [2.75, 3.05) is 5.32 Å². The molecule has 0 amide bonds. The molecule has 1 aliphatic heterocycles. The van der Waals surface area contributed by atoms with Gasteiger partial charge in [-0.3, -0.25) is 9.36 Å². The molecule has 1 aromatic carbocycles. The summed E-state index contributed by atoms with van der Waals surface area (Å²) in [5.41, 5.74) is 4.13. The average Bonchev–Trinajstić information content (AvgIpc) is 2.98. The minimum absolute atomic E-state index is 0.168. The summed E-state index contributed by atoms with van der Waals surface area (Å²) in [7, 11) is 0. The molecule has 2 unspecified atom stereocenters. The molecule has 1 N–H and O–H groups in total. The van der Waals surface area contributed by atoms with Crippen molar-refractivity contribution in [1.82, 2.24) is 9.55 Å². The summed E-state index contributed by atoms with van der Waals surface area (Å²) in [6.07, 6.45) is 1.39. The van der Waals surface area contributed by atoms with Gasteiger partial charge in [-0.15, -0.1) is 0 Å². The zero-order valence-electron chi connectivity index (χ0n) is 15.7. The number of nitrogens with zero attached hydrogens (tertiary/aromatic N) is 2. The van der Waals surface area contributed by atoms with E-state index in [1.807, 2.05) is 42.7 Å². The van der Waals surface area contributed by atoms with Crippen LogP contribution in [-0.4, -0.2) is 15.5 Å². The summed E-state index contributed by atoms with van der Waals surface area (Å²) in [5.74, 6) is 0.738. The monoisotopic (exact) mass is 341 g/mol. The number of hydrogen-bond acceptors (Lipinski definition) is 4. The van der Waals surface area contributed by atoms with E-state index in [2.05, 4.69) is 26.1 Å². The van der Waals surface area contributed by atoms with E-state index >= 15 is 0 Å². The van der Waals surface area contributed by atoms with Gasteiger partial charge < -0.3 is 10.1 Å². The average molecular weight is 341 g/mol. The van der Waals surface area contributed by atoms with Crippen molar-refractivity contribution in [3.8, 4) is 0 Å². The molecule has 2 atom stereocenters. The first-order chi connectivity index (χ1) is 12.0. The Hall–Kier alpha value is -2.30. The van der Waals surface area contributed by atoms with Crippen LogP contribution in [0.5, 0.6) is 0 Å². The number of allylic oxidation sites excluding steroid dienone is 1. The van der Waals surface area contributed by atoms with Crippen LogP contribution in [0.1, 0.15) is 53.7 Å². The lowest BCUT2D eigenvalue weighted by Crippen LogP contribution is -2.30. The lowest BCUT2D eigenvalue weighted by Gasteiger charge is -2.33. The summed E-state index contributed by atoms with van der Waals surface area (Å²) >= 11 is 0. The Kier molecular flexibility index (Phi) is 4.84. The van der Waals surface area contributed by atoms with Gasteiger partial charge in [0.25, 0.3) is 0 Å². The van der Waals surface area contributed by atoms with Crippen LogP contribution < -0.4 is 5.32 Å². The molecule has 2 aromatic rings. The van der Waals surface area contributed by atoms with Crippen molar-refractivity contribution in [2.45, 2.75) is 53.7 Å². The number of imidazole rings is 1. The fourth-order valence-electron chi connectivity index (χ4n) is 3.24. The second-order valence-corrected chi connectivity index (χ2v) is 6.96. The number of aromatic nitrogens is 2. The van der Waals surface area contributed by atoms with E-state index in [0.29, 0.717) is 5.92 Å². The zero-order chi connectivity index (χ0) is 18.1. The van der Waals surface area contributed by atoms with Crippen molar-refractivity contribution in [2.24, 2.45) is 11.8 Å². The Morgan fingerprint density at radius 1 is 1.28 bits per heavy atom. The predicted octanol–water partition coefficient (Wildman–Crippen LogP) is 4.87. The minimum Gasteiger partial charge on any atom is -0.437 e. The van der Waals surface area contributed by atoms with Gasteiger partial charge >= 0.3 is 5.97 Å². The molecule has 0 radical (unpaired) electrons. The van der Waals surface area contributed by atoms with E-state index in [1.165, 1.54) is 0 Å². The summed E-state index contributed by atoms with van der Waals surface area (Å²) in [6.45, 7) is 10.2. The fraction of sp³-hybridized carbons (Fsp3) is 0.500. The number of esters is 1. The van der Waals surface area contributed by atoms with Gasteiger partial charge in [-0.1, -0.05) is 46.8 Å². The fourth-order valence-corrected chi connectivity index (χ4v) is 3.24. The topological polar surface area (TPSA) is 56.1 Å². The summed E-state index contributed by atoms with van der Waals surface area (Å²) in [6, 6.07) is 7.96. The van der Waals surface area contributed by atoms with Crippen molar-refractivity contribution in [3.63, 3.8) is 0 Å². The van der Waals surface area contributed by atoms with Gasteiger partial charge in [0, 0.05) is 11.3 Å². The van der Waals surface area contributed by atoms with Gasteiger partial charge in [-0.2, -0.15) is 0 Å². The number of hydrogen-bond donors (Lipinski definition) is 1. The highest BCUT2D eigenvalue weighted by Gasteiger charge is 2.33. The standard InChI is InChI=1S/C20H27N3O2/c1-6-13(5)17-14(7-2)18(25-19(24)12(3)4)23-16-11-9-8-10-15(16)21-20(23)22-17/h8-13,18H,6-7H2,1-5H3,(H,21,22). The number of benzene rings is 1. The SMILES string of the molecule is CCC1=C(C(C)CC)Nc2nc3ccccc3n2C1OC(=O)C(C)C. The molecule has 0 fully saturated rings. The van der Waals surface area contributed by atoms with Crippen LogP contribution >= 0.6 is 0 Å². The third-order valence-corrected chi connectivity index (χ3v) is 4.91. The number of para-hydroxylation sites is 2. The molecule has 1 aliphatic rings. The highest BCUT2D eigenvalue weighted by Crippen LogP contribution is 2.40. The van der Waals surface area contributed by atoms with Gasteiger partial charge in [0.05, 0.1) is 17.0 Å². The highest BCUT2D eigenvalue weighted by molar-refractivity contribution is 5.80. The summed E-state index contributed by atoms with van der Waals surface area (Å²) < 4.78 is 7.97. The summed E-state index contributed by atoms with van der Waals surface area (Å²) in [5, 5.41) is 3.51. The molecule has 0 spiro atoms. The first-order valence-corrected chi connectivity index (χ1v) is 9.15. The first kappa shape index (κ1) is 17.5. The quantitative estimate of drug-likeness (QED) is 0.788. The second kappa shape index (κ2) is 6.90. The van der Waals surface area contributed by atoms with E-state index < -0.39 is 6.23 Å². The number of carbonyl (C=O) groups excluding carboxylic acids is 1. The van der Waals surface area contributed by atoms with Gasteiger partial charge in [0.15, 0.2) is 0 Å². The predicted molar refractivity (Wildman–Crippen MR) is 100 cm³/mol. The Morgan fingerprint density at radius 2 is 2.00 bits per heavy atom. The largest absolute Gasteiger partial charge is 0.437 e. The van der Waals surface area contributed by atoms with Crippen molar-refractivity contribution in [1.29, 1.82) is 0 Å². The number of fused-ring (bicyclic) bond motifs is 3. The maximum atomic E-state index is 12.4. The van der Waals surface area contributed by atoms with Gasteiger partial charge in [0.1, 0.15) is 0 Å². The molecule has 0 aliphatic carbocycles. The molecule has 25 heavy (non-hydrogen) atoms.